The lowest BCUT2D eigenvalue weighted by molar-refractivity contribution is 0.0759. The first-order valence-electron chi connectivity index (χ1n) is 8.46. The zero-order chi connectivity index (χ0) is 17.1. The van der Waals surface area contributed by atoms with Crippen molar-refractivity contribution in [1.82, 2.24) is 19.4 Å². The number of benzene rings is 1. The summed E-state index contributed by atoms with van der Waals surface area (Å²) in [6.45, 7) is 7.83. The predicted molar refractivity (Wildman–Crippen MR) is 93.6 cm³/mol. The number of imidazole rings is 1. The number of hydrogen-bond acceptors (Lipinski definition) is 3. The summed E-state index contributed by atoms with van der Waals surface area (Å²) in [5.41, 5.74) is 1.12. The third kappa shape index (κ3) is 3.43. The van der Waals surface area contributed by atoms with Gasteiger partial charge in [-0.05, 0) is 38.5 Å². The van der Waals surface area contributed by atoms with Crippen LogP contribution in [0.15, 0.2) is 41.5 Å². The maximum absolute atomic E-state index is 12.8. The molecule has 0 aliphatic carbocycles. The zero-order valence-corrected chi connectivity index (χ0v) is 14.2. The maximum atomic E-state index is 12.8. The van der Waals surface area contributed by atoms with Gasteiger partial charge >= 0.3 is 5.69 Å². The summed E-state index contributed by atoms with van der Waals surface area (Å²) in [5, 5.41) is 0. The van der Waals surface area contributed by atoms with Crippen LogP contribution in [0.3, 0.4) is 0 Å². The van der Waals surface area contributed by atoms with Crippen molar-refractivity contribution < 1.29 is 4.79 Å². The molecule has 0 spiro atoms. The van der Waals surface area contributed by atoms with E-state index < -0.39 is 0 Å². The van der Waals surface area contributed by atoms with Crippen molar-refractivity contribution in [3.05, 3.63) is 52.7 Å². The number of hydrogen-bond donors (Lipinski definition) is 1. The minimum absolute atomic E-state index is 0.0334. The molecule has 1 saturated heterocycles. The summed E-state index contributed by atoms with van der Waals surface area (Å²) in [6, 6.07) is 7.75. The molecule has 1 aliphatic heterocycles. The van der Waals surface area contributed by atoms with E-state index in [0.717, 1.165) is 32.6 Å². The van der Waals surface area contributed by atoms with Gasteiger partial charge in [0.15, 0.2) is 0 Å². The molecule has 0 unspecified atom stereocenters. The smallest absolute Gasteiger partial charge is 0.330 e. The van der Waals surface area contributed by atoms with Gasteiger partial charge in [0.25, 0.3) is 5.91 Å². The quantitative estimate of drug-likeness (QED) is 0.933. The average molecular weight is 328 g/mol. The van der Waals surface area contributed by atoms with Crippen LogP contribution in [0.25, 0.3) is 5.69 Å². The summed E-state index contributed by atoms with van der Waals surface area (Å²) in [7, 11) is 0. The third-order valence-corrected chi connectivity index (χ3v) is 4.57. The maximum Gasteiger partial charge on any atom is 0.330 e. The Kier molecular flexibility index (Phi) is 4.85. The highest BCUT2D eigenvalue weighted by atomic mass is 16.2. The molecular weight excluding hydrogens is 304 g/mol. The second-order valence-electron chi connectivity index (χ2n) is 6.46. The Hall–Kier alpha value is -2.34. The Morgan fingerprint density at radius 1 is 1.17 bits per heavy atom. The van der Waals surface area contributed by atoms with Crippen LogP contribution in [-0.4, -0.2) is 57.5 Å². The van der Waals surface area contributed by atoms with Crippen LogP contribution >= 0.6 is 0 Å². The molecule has 24 heavy (non-hydrogen) atoms. The first-order valence-corrected chi connectivity index (χ1v) is 8.46. The van der Waals surface area contributed by atoms with Crippen LogP contribution in [0.2, 0.25) is 0 Å². The lowest BCUT2D eigenvalue weighted by atomic mass is 10.1. The fraction of sp³-hybridized carbons (Fsp3) is 0.444. The van der Waals surface area contributed by atoms with Crippen molar-refractivity contribution in [2.24, 2.45) is 0 Å². The molecule has 1 N–H and O–H groups in total. The summed E-state index contributed by atoms with van der Waals surface area (Å²) < 4.78 is 1.50. The molecular formula is C18H24N4O2. The highest BCUT2D eigenvalue weighted by molar-refractivity contribution is 5.94. The molecule has 1 aromatic heterocycles. The normalized spacial score (nSPS) is 16.4. The fourth-order valence-electron chi connectivity index (χ4n) is 3.15. The molecule has 1 amide bonds. The molecule has 6 heteroatoms. The molecule has 6 nitrogen and oxygen atoms in total. The number of amides is 1. The average Bonchev–Trinajstić information content (AvgIpc) is 2.85. The van der Waals surface area contributed by atoms with Gasteiger partial charge in [0, 0.05) is 50.2 Å². The molecule has 2 heterocycles. The number of aromatic amines is 1. The van der Waals surface area contributed by atoms with E-state index in [1.165, 1.54) is 4.57 Å². The minimum atomic E-state index is -0.207. The van der Waals surface area contributed by atoms with E-state index >= 15 is 0 Å². The lowest BCUT2D eigenvalue weighted by Gasteiger charge is -2.25. The van der Waals surface area contributed by atoms with Crippen LogP contribution in [0.4, 0.5) is 0 Å². The van der Waals surface area contributed by atoms with Gasteiger partial charge in [-0.1, -0.05) is 6.07 Å². The van der Waals surface area contributed by atoms with Gasteiger partial charge in [-0.2, -0.15) is 0 Å². The number of carbonyl (C=O) groups excluding carboxylic acids is 1. The second kappa shape index (κ2) is 7.05. The van der Waals surface area contributed by atoms with Gasteiger partial charge in [-0.25, -0.2) is 4.79 Å². The van der Waals surface area contributed by atoms with Crippen molar-refractivity contribution in [3.63, 3.8) is 0 Å². The highest BCUT2D eigenvalue weighted by Gasteiger charge is 2.21. The van der Waals surface area contributed by atoms with Gasteiger partial charge in [-0.15, -0.1) is 0 Å². The lowest BCUT2D eigenvalue weighted by Crippen LogP contribution is -2.37. The standard InChI is InChI=1S/C18H24N4O2/c1-14(2)20-8-4-9-21(12-11-20)17(23)15-5-3-6-16(13-15)22-10-7-19-18(22)24/h3,5-7,10,13-14H,4,8-9,11-12H2,1-2H3,(H,19,24). The van der Waals surface area contributed by atoms with Crippen LogP contribution in [0, 0.1) is 0 Å². The van der Waals surface area contributed by atoms with Gasteiger partial charge < -0.3 is 9.88 Å². The Bertz CT molecular complexity index is 762. The molecule has 1 aliphatic rings. The minimum Gasteiger partial charge on any atom is -0.337 e. The van der Waals surface area contributed by atoms with E-state index in [2.05, 4.69) is 23.7 Å². The molecule has 0 saturated carbocycles. The van der Waals surface area contributed by atoms with Crippen LogP contribution < -0.4 is 5.69 Å². The molecule has 3 rings (SSSR count). The highest BCUT2D eigenvalue weighted by Crippen LogP contribution is 2.14. The molecule has 128 valence electrons. The second-order valence-corrected chi connectivity index (χ2v) is 6.46. The van der Waals surface area contributed by atoms with Crippen molar-refractivity contribution >= 4 is 5.91 Å². The number of rotatable bonds is 3. The SMILES string of the molecule is CC(C)N1CCCN(C(=O)c2cccc(-n3cc[nH]c3=O)c2)CC1. The predicted octanol–water partition coefficient (Wildman–Crippen LogP) is 1.72. The van der Waals surface area contributed by atoms with Gasteiger partial charge in [-0.3, -0.25) is 14.3 Å². The van der Waals surface area contributed by atoms with E-state index in [0.29, 0.717) is 17.3 Å². The monoisotopic (exact) mass is 328 g/mol. The van der Waals surface area contributed by atoms with Gasteiger partial charge in [0.2, 0.25) is 0 Å². The first-order chi connectivity index (χ1) is 11.6. The largest absolute Gasteiger partial charge is 0.337 e. The van der Waals surface area contributed by atoms with Crippen LogP contribution in [0.1, 0.15) is 30.6 Å². The van der Waals surface area contributed by atoms with Crippen LogP contribution in [-0.2, 0) is 0 Å². The Balaban J connectivity index is 1.78. The Labute approximate surface area is 141 Å². The van der Waals surface area contributed by atoms with E-state index in [1.807, 2.05) is 23.1 Å². The van der Waals surface area contributed by atoms with Crippen LogP contribution in [0.5, 0.6) is 0 Å². The number of H-pyrrole nitrogens is 1. The third-order valence-electron chi connectivity index (χ3n) is 4.57. The van der Waals surface area contributed by atoms with Crippen molar-refractivity contribution in [2.75, 3.05) is 26.2 Å². The number of nitrogens with one attached hydrogen (secondary N) is 1. The number of carbonyl (C=O) groups is 1. The molecule has 0 atom stereocenters. The topological polar surface area (TPSA) is 61.3 Å². The molecule has 2 aromatic rings. The summed E-state index contributed by atoms with van der Waals surface area (Å²) in [4.78, 5) is 31.5. The Morgan fingerprint density at radius 3 is 2.71 bits per heavy atom. The van der Waals surface area contributed by atoms with Crippen molar-refractivity contribution in [1.29, 1.82) is 0 Å². The van der Waals surface area contributed by atoms with E-state index in [1.54, 1.807) is 18.5 Å². The first kappa shape index (κ1) is 16.5. The number of nitrogens with zero attached hydrogens (tertiary/aromatic N) is 3. The van der Waals surface area contributed by atoms with E-state index in [9.17, 15) is 9.59 Å². The number of aromatic nitrogens is 2. The molecule has 0 radical (unpaired) electrons. The molecule has 1 aromatic carbocycles. The van der Waals surface area contributed by atoms with Gasteiger partial charge in [0.05, 0.1) is 5.69 Å². The Morgan fingerprint density at radius 2 is 2.00 bits per heavy atom. The molecule has 0 bridgehead atoms. The summed E-state index contributed by atoms with van der Waals surface area (Å²) in [5.74, 6) is 0.0334. The summed E-state index contributed by atoms with van der Waals surface area (Å²) in [6.07, 6.45) is 4.24. The summed E-state index contributed by atoms with van der Waals surface area (Å²) >= 11 is 0. The molecule has 1 fully saturated rings. The van der Waals surface area contributed by atoms with E-state index in [-0.39, 0.29) is 11.6 Å². The zero-order valence-electron chi connectivity index (χ0n) is 14.2. The van der Waals surface area contributed by atoms with Crippen molar-refractivity contribution in [2.45, 2.75) is 26.3 Å². The van der Waals surface area contributed by atoms with E-state index in [4.69, 9.17) is 0 Å². The van der Waals surface area contributed by atoms with Gasteiger partial charge in [0.1, 0.15) is 0 Å². The van der Waals surface area contributed by atoms with Crippen molar-refractivity contribution in [3.8, 4) is 5.69 Å². The fourth-order valence-corrected chi connectivity index (χ4v) is 3.15.